The van der Waals surface area contributed by atoms with Crippen molar-refractivity contribution in [3.05, 3.63) is 0 Å². The number of carbonyl (C=O) groups is 2. The molecule has 1 rings (SSSR count). The van der Waals surface area contributed by atoms with Gasteiger partial charge in [-0.1, -0.05) is 227 Å². The fraction of sp³-hybridized carbons (Fsp3) is 0.958. The Hall–Kier alpha value is -1.46. The van der Waals surface area contributed by atoms with E-state index in [9.17, 15) is 9.59 Å². The lowest BCUT2D eigenvalue weighted by molar-refractivity contribution is 0.0621. The van der Waals surface area contributed by atoms with Crippen LogP contribution in [-0.4, -0.2) is 38.0 Å². The van der Waals surface area contributed by atoms with E-state index in [1.807, 2.05) is 0 Å². The Balaban J connectivity index is 2.03. The van der Waals surface area contributed by atoms with E-state index in [4.69, 9.17) is 9.47 Å². The third-order valence-corrected chi connectivity index (χ3v) is 11.9. The van der Waals surface area contributed by atoms with Crippen molar-refractivity contribution < 1.29 is 19.1 Å². The molecule has 320 valence electrons. The molecular formula is C48H94N2O4. The molecule has 0 heterocycles. The molecule has 6 nitrogen and oxygen atoms in total. The number of alkyl carbamates (subject to hydrolysis) is 2. The van der Waals surface area contributed by atoms with Gasteiger partial charge in [0, 0.05) is 12.6 Å². The Morgan fingerprint density at radius 1 is 0.463 bits per heavy atom. The van der Waals surface area contributed by atoms with Crippen LogP contribution in [0.4, 0.5) is 9.59 Å². The first-order valence-corrected chi connectivity index (χ1v) is 24.0. The topological polar surface area (TPSA) is 76.7 Å². The Kier molecular flexibility index (Phi) is 32.5. The van der Waals surface area contributed by atoms with Gasteiger partial charge in [-0.2, -0.15) is 0 Å². The van der Waals surface area contributed by atoms with Gasteiger partial charge in [0.15, 0.2) is 0 Å². The highest BCUT2D eigenvalue weighted by atomic mass is 16.6. The minimum Gasteiger partial charge on any atom is -0.450 e. The van der Waals surface area contributed by atoms with Gasteiger partial charge < -0.3 is 20.1 Å². The first-order valence-electron chi connectivity index (χ1n) is 24.0. The second kappa shape index (κ2) is 34.8. The van der Waals surface area contributed by atoms with Crippen LogP contribution in [0, 0.1) is 10.8 Å². The summed E-state index contributed by atoms with van der Waals surface area (Å²) in [6.45, 7) is 12.8. The molecule has 2 amide bonds. The molecule has 0 aromatic carbocycles. The lowest BCUT2D eigenvalue weighted by Crippen LogP contribution is -2.50. The van der Waals surface area contributed by atoms with Crippen molar-refractivity contribution in [2.45, 2.75) is 265 Å². The molecule has 1 saturated carbocycles. The van der Waals surface area contributed by atoms with Gasteiger partial charge in [0.25, 0.3) is 0 Å². The zero-order valence-electron chi connectivity index (χ0n) is 37.1. The van der Waals surface area contributed by atoms with E-state index in [1.54, 1.807) is 0 Å². The average molecular weight is 763 g/mol. The predicted octanol–water partition coefficient (Wildman–Crippen LogP) is 15.5. The molecule has 2 atom stereocenters. The summed E-state index contributed by atoms with van der Waals surface area (Å²) in [6.07, 6.45) is 44.8. The molecule has 0 aliphatic heterocycles. The number of amides is 2. The van der Waals surface area contributed by atoms with E-state index in [0.29, 0.717) is 19.8 Å². The number of ether oxygens (including phenoxy) is 2. The fourth-order valence-electron chi connectivity index (χ4n) is 9.05. The SMILES string of the molecule is CCCCCCCCCCCCCCCCCCOC(=O)NCC1(C)CC(NC(=O)OCCCCCCCCCCCCCCCCCC)CC(C)(C)C1. The lowest BCUT2D eigenvalue weighted by atomic mass is 9.62. The minimum atomic E-state index is -0.316. The molecule has 54 heavy (non-hydrogen) atoms. The Morgan fingerprint density at radius 2 is 0.778 bits per heavy atom. The van der Waals surface area contributed by atoms with Crippen molar-refractivity contribution >= 4 is 12.2 Å². The molecule has 0 radical (unpaired) electrons. The van der Waals surface area contributed by atoms with Crippen molar-refractivity contribution in [3.63, 3.8) is 0 Å². The molecule has 1 fully saturated rings. The summed E-state index contributed by atoms with van der Waals surface area (Å²) >= 11 is 0. The van der Waals surface area contributed by atoms with Crippen LogP contribution in [0.25, 0.3) is 0 Å². The van der Waals surface area contributed by atoms with Gasteiger partial charge in [-0.15, -0.1) is 0 Å². The molecule has 2 unspecified atom stereocenters. The number of carbonyl (C=O) groups excluding carboxylic acids is 2. The van der Waals surface area contributed by atoms with Crippen molar-refractivity contribution in [1.82, 2.24) is 10.6 Å². The van der Waals surface area contributed by atoms with Gasteiger partial charge >= 0.3 is 12.2 Å². The maximum Gasteiger partial charge on any atom is 0.407 e. The highest BCUT2D eigenvalue weighted by Gasteiger charge is 2.42. The molecule has 1 aliphatic rings. The smallest absolute Gasteiger partial charge is 0.407 e. The standard InChI is InChI=1S/C48H94N2O4/c1-6-8-10-12-14-16-18-20-22-24-26-28-30-32-34-36-38-53-45(51)49-43-48(5)41-44(40-47(3,4)42-48)50-46(52)54-39-37-35-33-31-29-27-25-23-21-19-17-15-13-11-9-7-2/h44H,6-43H2,1-5H3,(H,49,51)(H,50,52). The molecule has 0 spiro atoms. The maximum atomic E-state index is 12.7. The third kappa shape index (κ3) is 31.7. The molecule has 0 bridgehead atoms. The summed E-state index contributed by atoms with van der Waals surface area (Å²) < 4.78 is 11.1. The lowest BCUT2D eigenvalue weighted by Gasteiger charge is -2.46. The van der Waals surface area contributed by atoms with E-state index < -0.39 is 0 Å². The highest BCUT2D eigenvalue weighted by molar-refractivity contribution is 5.68. The van der Waals surface area contributed by atoms with Crippen LogP contribution in [-0.2, 0) is 9.47 Å². The van der Waals surface area contributed by atoms with E-state index >= 15 is 0 Å². The number of unbranched alkanes of at least 4 members (excludes halogenated alkanes) is 30. The molecule has 2 N–H and O–H groups in total. The molecular weight excluding hydrogens is 669 g/mol. The van der Waals surface area contributed by atoms with Crippen LogP contribution in [0.1, 0.15) is 259 Å². The third-order valence-electron chi connectivity index (χ3n) is 11.9. The van der Waals surface area contributed by atoms with Crippen molar-refractivity contribution in [1.29, 1.82) is 0 Å². The predicted molar refractivity (Wildman–Crippen MR) is 232 cm³/mol. The summed E-state index contributed by atoms with van der Waals surface area (Å²) in [6, 6.07) is 0.0416. The number of hydrogen-bond acceptors (Lipinski definition) is 4. The van der Waals surface area contributed by atoms with E-state index in [2.05, 4.69) is 45.3 Å². The summed E-state index contributed by atoms with van der Waals surface area (Å²) in [5.74, 6) is 0. The normalized spacial score (nSPS) is 18.1. The highest BCUT2D eigenvalue weighted by Crippen LogP contribution is 2.45. The zero-order chi connectivity index (χ0) is 39.4. The minimum absolute atomic E-state index is 0.0416. The number of rotatable bonds is 37. The summed E-state index contributed by atoms with van der Waals surface area (Å²) in [4.78, 5) is 25.2. The van der Waals surface area contributed by atoms with E-state index in [0.717, 1.165) is 44.9 Å². The van der Waals surface area contributed by atoms with Crippen molar-refractivity contribution in [2.24, 2.45) is 10.8 Å². The summed E-state index contributed by atoms with van der Waals surface area (Å²) in [7, 11) is 0. The zero-order valence-corrected chi connectivity index (χ0v) is 37.1. The Labute approximate surface area is 337 Å². The second-order valence-corrected chi connectivity index (χ2v) is 18.6. The molecule has 0 aromatic rings. The molecule has 1 aliphatic carbocycles. The van der Waals surface area contributed by atoms with Crippen LogP contribution in [0.3, 0.4) is 0 Å². The van der Waals surface area contributed by atoms with Crippen molar-refractivity contribution in [3.8, 4) is 0 Å². The summed E-state index contributed by atoms with van der Waals surface area (Å²) in [5, 5.41) is 6.19. The molecule has 0 aromatic heterocycles. The van der Waals surface area contributed by atoms with E-state index in [1.165, 1.54) is 180 Å². The fourth-order valence-corrected chi connectivity index (χ4v) is 9.05. The largest absolute Gasteiger partial charge is 0.450 e. The quantitative estimate of drug-likeness (QED) is 0.0618. The molecule has 0 saturated heterocycles. The first kappa shape index (κ1) is 50.6. The van der Waals surface area contributed by atoms with Gasteiger partial charge in [0.1, 0.15) is 0 Å². The van der Waals surface area contributed by atoms with Crippen molar-refractivity contribution in [2.75, 3.05) is 19.8 Å². The van der Waals surface area contributed by atoms with Crippen LogP contribution < -0.4 is 10.6 Å². The van der Waals surface area contributed by atoms with Gasteiger partial charge in [0.05, 0.1) is 13.2 Å². The molecule has 6 heteroatoms. The van der Waals surface area contributed by atoms with Crippen LogP contribution >= 0.6 is 0 Å². The van der Waals surface area contributed by atoms with Crippen LogP contribution in [0.2, 0.25) is 0 Å². The second-order valence-electron chi connectivity index (χ2n) is 18.6. The number of hydrogen-bond donors (Lipinski definition) is 2. The van der Waals surface area contributed by atoms with E-state index in [-0.39, 0.29) is 29.1 Å². The monoisotopic (exact) mass is 763 g/mol. The number of nitrogens with one attached hydrogen (secondary N) is 2. The van der Waals surface area contributed by atoms with Gasteiger partial charge in [0.2, 0.25) is 0 Å². The van der Waals surface area contributed by atoms with Gasteiger partial charge in [-0.25, -0.2) is 9.59 Å². The van der Waals surface area contributed by atoms with Gasteiger partial charge in [-0.05, 0) is 42.9 Å². The van der Waals surface area contributed by atoms with Crippen LogP contribution in [0.5, 0.6) is 0 Å². The van der Waals surface area contributed by atoms with Crippen LogP contribution in [0.15, 0.2) is 0 Å². The van der Waals surface area contributed by atoms with Gasteiger partial charge in [-0.3, -0.25) is 0 Å². The maximum absolute atomic E-state index is 12.7. The first-order chi connectivity index (χ1) is 26.2. The Morgan fingerprint density at radius 3 is 1.13 bits per heavy atom. The average Bonchev–Trinajstić information content (AvgIpc) is 3.12. The Bertz CT molecular complexity index is 864. The summed E-state index contributed by atoms with van der Waals surface area (Å²) in [5.41, 5.74) is -0.0428.